The van der Waals surface area contributed by atoms with Gasteiger partial charge in [-0.3, -0.25) is 4.68 Å². The molecule has 0 radical (unpaired) electrons. The summed E-state index contributed by atoms with van der Waals surface area (Å²) in [6.45, 7) is 6.73. The molecule has 0 aromatic carbocycles. The molecule has 1 fully saturated rings. The lowest BCUT2D eigenvalue weighted by Crippen LogP contribution is -2.37. The summed E-state index contributed by atoms with van der Waals surface area (Å²) in [5, 5.41) is 8.21. The van der Waals surface area contributed by atoms with Crippen molar-refractivity contribution in [3.8, 4) is 0 Å². The van der Waals surface area contributed by atoms with Crippen LogP contribution in [0.1, 0.15) is 58.2 Å². The van der Waals surface area contributed by atoms with Crippen molar-refractivity contribution in [1.82, 2.24) is 15.1 Å². The SMILES string of the molecule is CNC(Cc1ccn(C(C)C)n1)C1CCC(C)CC1. The maximum absolute atomic E-state index is 4.68. The highest BCUT2D eigenvalue weighted by Gasteiger charge is 2.25. The molecule has 3 nitrogen and oxygen atoms in total. The number of likely N-dealkylation sites (N-methyl/N-ethyl adjacent to an activating group) is 1. The van der Waals surface area contributed by atoms with E-state index in [-0.39, 0.29) is 0 Å². The molecular formula is C16H29N3. The van der Waals surface area contributed by atoms with Crippen LogP contribution in [0.5, 0.6) is 0 Å². The molecule has 108 valence electrons. The Labute approximate surface area is 117 Å². The molecule has 0 bridgehead atoms. The van der Waals surface area contributed by atoms with E-state index in [1.54, 1.807) is 0 Å². The van der Waals surface area contributed by atoms with Crippen LogP contribution in [0.25, 0.3) is 0 Å². The summed E-state index contributed by atoms with van der Waals surface area (Å²) in [4.78, 5) is 0. The van der Waals surface area contributed by atoms with Crippen LogP contribution in [-0.4, -0.2) is 22.9 Å². The van der Waals surface area contributed by atoms with E-state index in [0.29, 0.717) is 12.1 Å². The summed E-state index contributed by atoms with van der Waals surface area (Å²) in [6, 6.07) is 3.22. The fourth-order valence-electron chi connectivity index (χ4n) is 3.19. The van der Waals surface area contributed by atoms with Crippen LogP contribution in [0.2, 0.25) is 0 Å². The zero-order valence-corrected chi connectivity index (χ0v) is 12.9. The van der Waals surface area contributed by atoms with Gasteiger partial charge in [-0.15, -0.1) is 0 Å². The minimum atomic E-state index is 0.456. The molecule has 0 aliphatic heterocycles. The van der Waals surface area contributed by atoms with E-state index in [4.69, 9.17) is 0 Å². The Morgan fingerprint density at radius 3 is 2.53 bits per heavy atom. The van der Waals surface area contributed by atoms with Crippen molar-refractivity contribution in [3.63, 3.8) is 0 Å². The Balaban J connectivity index is 1.94. The molecule has 2 rings (SSSR count). The van der Waals surface area contributed by atoms with Crippen molar-refractivity contribution < 1.29 is 0 Å². The van der Waals surface area contributed by atoms with Crippen LogP contribution in [0, 0.1) is 11.8 Å². The predicted octanol–water partition coefficient (Wildman–Crippen LogP) is 3.42. The summed E-state index contributed by atoms with van der Waals surface area (Å²) in [5.41, 5.74) is 1.23. The fraction of sp³-hybridized carbons (Fsp3) is 0.812. The average Bonchev–Trinajstić information content (AvgIpc) is 2.86. The Hall–Kier alpha value is -0.830. The Morgan fingerprint density at radius 1 is 1.32 bits per heavy atom. The number of nitrogens with zero attached hydrogens (tertiary/aromatic N) is 2. The molecule has 1 aliphatic carbocycles. The van der Waals surface area contributed by atoms with Crippen molar-refractivity contribution in [1.29, 1.82) is 0 Å². The van der Waals surface area contributed by atoms with Crippen molar-refractivity contribution in [3.05, 3.63) is 18.0 Å². The smallest absolute Gasteiger partial charge is 0.0640 e. The normalized spacial score (nSPS) is 25.7. The summed E-state index contributed by atoms with van der Waals surface area (Å²) >= 11 is 0. The van der Waals surface area contributed by atoms with E-state index in [1.807, 2.05) is 0 Å². The molecule has 0 spiro atoms. The summed E-state index contributed by atoms with van der Waals surface area (Å²) in [5.74, 6) is 1.75. The monoisotopic (exact) mass is 263 g/mol. The molecule has 1 atom stereocenters. The molecule has 19 heavy (non-hydrogen) atoms. The molecule has 1 unspecified atom stereocenters. The molecule has 1 saturated carbocycles. The van der Waals surface area contributed by atoms with E-state index >= 15 is 0 Å². The van der Waals surface area contributed by atoms with Gasteiger partial charge >= 0.3 is 0 Å². The van der Waals surface area contributed by atoms with Crippen LogP contribution in [0.15, 0.2) is 12.3 Å². The quantitative estimate of drug-likeness (QED) is 0.882. The first-order valence-corrected chi connectivity index (χ1v) is 7.81. The first kappa shape index (κ1) is 14.6. The van der Waals surface area contributed by atoms with E-state index in [2.05, 4.69) is 55.2 Å². The van der Waals surface area contributed by atoms with E-state index in [1.165, 1.54) is 31.4 Å². The third kappa shape index (κ3) is 3.82. The lowest BCUT2D eigenvalue weighted by Gasteiger charge is -2.32. The highest BCUT2D eigenvalue weighted by atomic mass is 15.3. The Bertz CT molecular complexity index is 375. The van der Waals surface area contributed by atoms with Crippen molar-refractivity contribution in [2.24, 2.45) is 11.8 Å². The molecule has 1 aliphatic rings. The minimum Gasteiger partial charge on any atom is -0.316 e. The third-order valence-corrected chi connectivity index (χ3v) is 4.62. The number of hydrogen-bond acceptors (Lipinski definition) is 2. The van der Waals surface area contributed by atoms with Gasteiger partial charge in [-0.1, -0.05) is 19.8 Å². The van der Waals surface area contributed by atoms with Gasteiger partial charge < -0.3 is 5.32 Å². The molecule has 0 amide bonds. The van der Waals surface area contributed by atoms with E-state index in [0.717, 1.165) is 18.3 Å². The molecule has 1 heterocycles. The highest BCUT2D eigenvalue weighted by molar-refractivity contribution is 5.03. The molecular weight excluding hydrogens is 234 g/mol. The number of nitrogens with one attached hydrogen (secondary N) is 1. The fourth-order valence-corrected chi connectivity index (χ4v) is 3.19. The lowest BCUT2D eigenvalue weighted by molar-refractivity contribution is 0.234. The first-order chi connectivity index (χ1) is 9.10. The van der Waals surface area contributed by atoms with Crippen molar-refractivity contribution >= 4 is 0 Å². The molecule has 1 N–H and O–H groups in total. The second kappa shape index (κ2) is 6.56. The molecule has 1 aromatic rings. The summed E-state index contributed by atoms with van der Waals surface area (Å²) in [6.07, 6.45) is 8.70. The van der Waals surface area contributed by atoms with Crippen LogP contribution >= 0.6 is 0 Å². The van der Waals surface area contributed by atoms with Crippen molar-refractivity contribution in [2.45, 2.75) is 65.0 Å². The van der Waals surface area contributed by atoms with Crippen molar-refractivity contribution in [2.75, 3.05) is 7.05 Å². The van der Waals surface area contributed by atoms with Gasteiger partial charge in [0.25, 0.3) is 0 Å². The number of rotatable bonds is 5. The molecule has 0 saturated heterocycles. The zero-order valence-electron chi connectivity index (χ0n) is 12.9. The van der Waals surface area contributed by atoms with Gasteiger partial charge in [-0.05, 0) is 51.6 Å². The van der Waals surface area contributed by atoms with Gasteiger partial charge in [0.15, 0.2) is 0 Å². The second-order valence-electron chi connectivity index (χ2n) is 6.50. The Kier molecular flexibility index (Phi) is 5.03. The predicted molar refractivity (Wildman–Crippen MR) is 80.3 cm³/mol. The van der Waals surface area contributed by atoms with Crippen LogP contribution in [0.3, 0.4) is 0 Å². The molecule has 1 aromatic heterocycles. The molecule has 3 heteroatoms. The van der Waals surface area contributed by atoms with Crippen LogP contribution in [-0.2, 0) is 6.42 Å². The van der Waals surface area contributed by atoms with Crippen LogP contribution in [0.4, 0.5) is 0 Å². The van der Waals surface area contributed by atoms with E-state index < -0.39 is 0 Å². The zero-order chi connectivity index (χ0) is 13.8. The van der Waals surface area contributed by atoms with Gasteiger partial charge in [-0.2, -0.15) is 5.10 Å². The van der Waals surface area contributed by atoms with Gasteiger partial charge in [0.1, 0.15) is 0 Å². The second-order valence-corrected chi connectivity index (χ2v) is 6.50. The maximum Gasteiger partial charge on any atom is 0.0640 e. The largest absolute Gasteiger partial charge is 0.316 e. The third-order valence-electron chi connectivity index (χ3n) is 4.62. The number of aromatic nitrogens is 2. The maximum atomic E-state index is 4.68. The highest BCUT2D eigenvalue weighted by Crippen LogP contribution is 2.31. The van der Waals surface area contributed by atoms with Gasteiger partial charge in [0, 0.05) is 24.7 Å². The summed E-state index contributed by atoms with van der Waals surface area (Å²) in [7, 11) is 2.10. The van der Waals surface area contributed by atoms with E-state index in [9.17, 15) is 0 Å². The van der Waals surface area contributed by atoms with Gasteiger partial charge in [0.2, 0.25) is 0 Å². The lowest BCUT2D eigenvalue weighted by atomic mass is 9.78. The number of hydrogen-bond donors (Lipinski definition) is 1. The first-order valence-electron chi connectivity index (χ1n) is 7.81. The minimum absolute atomic E-state index is 0.456. The van der Waals surface area contributed by atoms with Crippen LogP contribution < -0.4 is 5.32 Å². The van der Waals surface area contributed by atoms with Gasteiger partial charge in [-0.25, -0.2) is 0 Å². The average molecular weight is 263 g/mol. The Morgan fingerprint density at radius 2 is 2.00 bits per heavy atom. The van der Waals surface area contributed by atoms with Gasteiger partial charge in [0.05, 0.1) is 5.69 Å². The summed E-state index contributed by atoms with van der Waals surface area (Å²) < 4.78 is 2.06. The standard InChI is InChI=1S/C16H29N3/c1-12(2)19-10-9-15(18-19)11-16(17-4)14-7-5-13(3)6-8-14/h9-10,12-14,16-17H,5-8,11H2,1-4H3. The topological polar surface area (TPSA) is 29.9 Å².